The van der Waals surface area contributed by atoms with Gasteiger partial charge in [0.1, 0.15) is 0 Å². The molecule has 0 N–H and O–H groups in total. The van der Waals surface area contributed by atoms with Gasteiger partial charge >= 0.3 is 5.97 Å². The molecule has 0 aliphatic rings. The van der Waals surface area contributed by atoms with E-state index >= 15 is 0 Å². The minimum atomic E-state index is -0.306. The van der Waals surface area contributed by atoms with Crippen molar-refractivity contribution < 1.29 is 14.1 Å². The minimum Gasteiger partial charge on any atom is -0.455 e. The van der Waals surface area contributed by atoms with Crippen LogP contribution in [0.5, 0.6) is 0 Å². The Labute approximate surface area is 152 Å². The molecule has 0 aliphatic heterocycles. The van der Waals surface area contributed by atoms with Crippen LogP contribution in [0, 0.1) is 0 Å². The molecule has 2 aromatic heterocycles. The van der Waals surface area contributed by atoms with E-state index in [0.717, 1.165) is 11.3 Å². The fraction of sp³-hybridized carbons (Fsp3) is 0.188. The molecular weight excluding hydrogens is 368 g/mol. The van der Waals surface area contributed by atoms with Gasteiger partial charge in [-0.1, -0.05) is 35.0 Å². The van der Waals surface area contributed by atoms with Crippen LogP contribution in [0.15, 0.2) is 46.3 Å². The van der Waals surface area contributed by atoms with E-state index in [2.05, 4.69) is 10.1 Å². The van der Waals surface area contributed by atoms with Gasteiger partial charge in [-0.2, -0.15) is 4.98 Å². The number of esters is 1. The van der Waals surface area contributed by atoms with Crippen molar-refractivity contribution in [2.24, 2.45) is 0 Å². The summed E-state index contributed by atoms with van der Waals surface area (Å²) >= 11 is 9.12. The van der Waals surface area contributed by atoms with E-state index in [9.17, 15) is 4.79 Å². The van der Waals surface area contributed by atoms with Crippen molar-refractivity contribution in [1.29, 1.82) is 0 Å². The number of hydrogen-bond donors (Lipinski definition) is 0. The molecule has 3 aromatic rings. The highest BCUT2D eigenvalue weighted by molar-refractivity contribution is 7.99. The van der Waals surface area contributed by atoms with Crippen LogP contribution in [0.2, 0.25) is 5.02 Å². The van der Waals surface area contributed by atoms with Crippen molar-refractivity contribution in [1.82, 2.24) is 10.1 Å². The Hall–Kier alpha value is -1.83. The quantitative estimate of drug-likeness (QED) is 0.565. The topological polar surface area (TPSA) is 65.2 Å². The third-order valence-corrected chi connectivity index (χ3v) is 5.20. The van der Waals surface area contributed by atoms with Crippen molar-refractivity contribution in [3.63, 3.8) is 0 Å². The largest absolute Gasteiger partial charge is 0.455 e. The molecule has 0 amide bonds. The molecule has 0 atom stereocenters. The minimum absolute atomic E-state index is 0.0358. The van der Waals surface area contributed by atoms with Gasteiger partial charge in [0.2, 0.25) is 5.82 Å². The Morgan fingerprint density at radius 1 is 1.33 bits per heavy atom. The van der Waals surface area contributed by atoms with Crippen molar-refractivity contribution >= 4 is 40.7 Å². The molecular formula is C16H13ClN2O3S2. The number of rotatable bonds is 7. The van der Waals surface area contributed by atoms with Crippen LogP contribution in [0.3, 0.4) is 0 Å². The Balaban J connectivity index is 1.45. The average Bonchev–Trinajstić information content (AvgIpc) is 3.25. The Morgan fingerprint density at radius 3 is 3.04 bits per heavy atom. The van der Waals surface area contributed by atoms with Crippen LogP contribution < -0.4 is 0 Å². The number of ether oxygens (including phenoxy) is 1. The molecule has 0 radical (unpaired) electrons. The van der Waals surface area contributed by atoms with E-state index < -0.39 is 0 Å². The first-order valence-corrected chi connectivity index (χ1v) is 9.46. The molecule has 124 valence electrons. The first kappa shape index (κ1) is 17.0. The summed E-state index contributed by atoms with van der Waals surface area (Å²) in [5, 5.41) is 6.47. The molecule has 2 heterocycles. The Morgan fingerprint density at radius 2 is 2.25 bits per heavy atom. The molecule has 8 heteroatoms. The molecule has 0 aliphatic carbocycles. The third-order valence-electron chi connectivity index (χ3n) is 2.95. The maximum atomic E-state index is 11.7. The average molecular weight is 381 g/mol. The second kappa shape index (κ2) is 8.32. The molecule has 0 unspecified atom stereocenters. The molecule has 0 saturated heterocycles. The van der Waals surface area contributed by atoms with Gasteiger partial charge in [0.25, 0.3) is 5.89 Å². The van der Waals surface area contributed by atoms with Crippen LogP contribution in [0.1, 0.15) is 10.8 Å². The van der Waals surface area contributed by atoms with Crippen LogP contribution in [-0.2, 0) is 21.9 Å². The normalized spacial score (nSPS) is 10.7. The van der Waals surface area contributed by atoms with Crippen molar-refractivity contribution in [2.45, 2.75) is 12.4 Å². The summed E-state index contributed by atoms with van der Waals surface area (Å²) in [4.78, 5) is 17.1. The van der Waals surface area contributed by atoms with Gasteiger partial charge in [-0.15, -0.1) is 23.1 Å². The van der Waals surface area contributed by atoms with Gasteiger partial charge in [0, 0.05) is 21.2 Å². The fourth-order valence-electron chi connectivity index (χ4n) is 1.87. The number of aromatic nitrogens is 2. The van der Waals surface area contributed by atoms with Gasteiger partial charge in [-0.05, 0) is 23.6 Å². The van der Waals surface area contributed by atoms with Crippen LogP contribution in [0.25, 0.3) is 11.4 Å². The van der Waals surface area contributed by atoms with Gasteiger partial charge < -0.3 is 9.26 Å². The van der Waals surface area contributed by atoms with E-state index in [1.54, 1.807) is 29.5 Å². The maximum absolute atomic E-state index is 11.7. The number of thioether (sulfide) groups is 1. The molecule has 0 spiro atoms. The highest BCUT2D eigenvalue weighted by Gasteiger charge is 2.11. The third kappa shape index (κ3) is 4.83. The lowest BCUT2D eigenvalue weighted by Crippen LogP contribution is -2.07. The van der Waals surface area contributed by atoms with Gasteiger partial charge in [0.05, 0.1) is 5.75 Å². The molecule has 1 aromatic carbocycles. The number of nitrogens with zero attached hydrogens (tertiary/aromatic N) is 2. The smallest absolute Gasteiger partial charge is 0.316 e. The van der Waals surface area contributed by atoms with E-state index in [0.29, 0.717) is 10.8 Å². The monoisotopic (exact) mass is 380 g/mol. The summed E-state index contributed by atoms with van der Waals surface area (Å²) in [5.41, 5.74) is 0.746. The summed E-state index contributed by atoms with van der Waals surface area (Å²) in [6, 6.07) is 11.2. The highest BCUT2D eigenvalue weighted by Crippen LogP contribution is 2.20. The van der Waals surface area contributed by atoms with Crippen LogP contribution >= 0.6 is 34.7 Å². The Kier molecular flexibility index (Phi) is 5.90. The SMILES string of the molecule is O=C(CSCc1cccs1)OCc1nc(-c2cccc(Cl)c2)no1. The van der Waals surface area contributed by atoms with Crippen molar-refractivity contribution in [3.8, 4) is 11.4 Å². The summed E-state index contributed by atoms with van der Waals surface area (Å²) in [5.74, 6) is 1.44. The van der Waals surface area contributed by atoms with Crippen molar-refractivity contribution in [2.75, 3.05) is 5.75 Å². The lowest BCUT2D eigenvalue weighted by atomic mass is 10.2. The van der Waals surface area contributed by atoms with E-state index in [1.807, 2.05) is 23.6 Å². The molecule has 3 rings (SSSR count). The maximum Gasteiger partial charge on any atom is 0.316 e. The standard InChI is InChI=1S/C16H13ClN2O3S2/c17-12-4-1-3-11(7-12)16-18-14(22-19-16)8-21-15(20)10-23-9-13-5-2-6-24-13/h1-7H,8-10H2. The van der Waals surface area contributed by atoms with Gasteiger partial charge in [0.15, 0.2) is 6.61 Å². The van der Waals surface area contributed by atoms with E-state index in [1.165, 1.54) is 16.6 Å². The fourth-order valence-corrected chi connectivity index (χ4v) is 3.72. The molecule has 0 bridgehead atoms. The summed E-state index contributed by atoms with van der Waals surface area (Å²) < 4.78 is 10.2. The zero-order valence-electron chi connectivity index (χ0n) is 12.5. The first-order valence-electron chi connectivity index (χ1n) is 7.05. The summed E-state index contributed by atoms with van der Waals surface area (Å²) in [7, 11) is 0. The number of halogens is 1. The van der Waals surface area contributed by atoms with Gasteiger partial charge in [-0.3, -0.25) is 4.79 Å². The number of hydrogen-bond acceptors (Lipinski definition) is 7. The lowest BCUT2D eigenvalue weighted by molar-refractivity contribution is -0.142. The number of benzene rings is 1. The van der Waals surface area contributed by atoms with Crippen LogP contribution in [0.4, 0.5) is 0 Å². The number of thiophene rings is 1. The molecule has 0 fully saturated rings. The predicted molar refractivity (Wildman–Crippen MR) is 95.0 cm³/mol. The second-order valence-electron chi connectivity index (χ2n) is 4.75. The Bertz CT molecular complexity index is 805. The second-order valence-corrected chi connectivity index (χ2v) is 7.21. The zero-order valence-corrected chi connectivity index (χ0v) is 14.9. The number of carbonyl (C=O) groups is 1. The summed E-state index contributed by atoms with van der Waals surface area (Å²) in [6.07, 6.45) is 0. The van der Waals surface area contributed by atoms with Crippen molar-refractivity contribution in [3.05, 3.63) is 57.6 Å². The molecule has 5 nitrogen and oxygen atoms in total. The highest BCUT2D eigenvalue weighted by atomic mass is 35.5. The van der Waals surface area contributed by atoms with Crippen LogP contribution in [-0.4, -0.2) is 21.9 Å². The van der Waals surface area contributed by atoms with E-state index in [-0.39, 0.29) is 24.2 Å². The zero-order chi connectivity index (χ0) is 16.8. The van der Waals surface area contributed by atoms with E-state index in [4.69, 9.17) is 20.9 Å². The van der Waals surface area contributed by atoms with Gasteiger partial charge in [-0.25, -0.2) is 0 Å². The molecule has 0 saturated carbocycles. The summed E-state index contributed by atoms with van der Waals surface area (Å²) in [6.45, 7) is -0.0358. The first-order chi connectivity index (χ1) is 11.7. The molecule has 24 heavy (non-hydrogen) atoms. The lowest BCUT2D eigenvalue weighted by Gasteiger charge is -2.01. The predicted octanol–water partition coefficient (Wildman–Crippen LogP) is 4.43. The number of carbonyl (C=O) groups excluding carboxylic acids is 1.